The molecule has 0 unspecified atom stereocenters. The fraction of sp³-hybridized carbons (Fsp3) is 0.160. The second-order valence-electron chi connectivity index (χ2n) is 7.11. The quantitative estimate of drug-likeness (QED) is 0.525. The maximum atomic E-state index is 12.9. The number of nitrogens with one attached hydrogen (secondary N) is 3. The van der Waals surface area contributed by atoms with Crippen LogP contribution in [0.5, 0.6) is 0 Å². The summed E-state index contributed by atoms with van der Waals surface area (Å²) in [4.78, 5) is 37.7. The highest BCUT2D eigenvalue weighted by molar-refractivity contribution is 6.10. The SMILES string of the molecule is CCCNC(=O)c1ccccc1NC(=O)c1ccc(C)c(NC(=O)c2ccccc2)c1. The third-order valence-corrected chi connectivity index (χ3v) is 4.74. The number of rotatable bonds is 7. The molecule has 31 heavy (non-hydrogen) atoms. The Balaban J connectivity index is 1.78. The van der Waals surface area contributed by atoms with Crippen molar-refractivity contribution in [2.24, 2.45) is 0 Å². The Hall–Kier alpha value is -3.93. The van der Waals surface area contributed by atoms with Crippen LogP contribution in [0.15, 0.2) is 72.8 Å². The first-order chi connectivity index (χ1) is 15.0. The van der Waals surface area contributed by atoms with Gasteiger partial charge in [0.2, 0.25) is 0 Å². The molecule has 3 rings (SSSR count). The first-order valence-electron chi connectivity index (χ1n) is 10.1. The zero-order valence-electron chi connectivity index (χ0n) is 17.6. The Bertz CT molecular complexity index is 1090. The van der Waals surface area contributed by atoms with Crippen LogP contribution < -0.4 is 16.0 Å². The van der Waals surface area contributed by atoms with Crippen LogP contribution in [0.1, 0.15) is 50.0 Å². The molecule has 0 saturated carbocycles. The van der Waals surface area contributed by atoms with Crippen LogP contribution in [0.2, 0.25) is 0 Å². The number of hydrogen-bond acceptors (Lipinski definition) is 3. The number of benzene rings is 3. The van der Waals surface area contributed by atoms with E-state index in [9.17, 15) is 14.4 Å². The van der Waals surface area contributed by atoms with Crippen LogP contribution in [-0.2, 0) is 0 Å². The highest BCUT2D eigenvalue weighted by Gasteiger charge is 2.15. The molecule has 3 amide bonds. The second kappa shape index (κ2) is 10.2. The van der Waals surface area contributed by atoms with Gasteiger partial charge in [-0.25, -0.2) is 0 Å². The molecule has 0 heterocycles. The van der Waals surface area contributed by atoms with Crippen LogP contribution in [0.3, 0.4) is 0 Å². The van der Waals surface area contributed by atoms with Crippen LogP contribution in [0.25, 0.3) is 0 Å². The summed E-state index contributed by atoms with van der Waals surface area (Å²) in [6, 6.07) is 20.8. The van der Waals surface area contributed by atoms with E-state index in [-0.39, 0.29) is 17.7 Å². The Morgan fingerprint density at radius 1 is 0.710 bits per heavy atom. The van der Waals surface area contributed by atoms with Gasteiger partial charge < -0.3 is 16.0 Å². The van der Waals surface area contributed by atoms with Crippen LogP contribution >= 0.6 is 0 Å². The Kier molecular flexibility index (Phi) is 7.17. The summed E-state index contributed by atoms with van der Waals surface area (Å²) in [5.74, 6) is -0.859. The zero-order chi connectivity index (χ0) is 22.2. The van der Waals surface area contributed by atoms with Crippen molar-refractivity contribution >= 4 is 29.1 Å². The van der Waals surface area contributed by atoms with E-state index in [4.69, 9.17) is 0 Å². The molecule has 0 fully saturated rings. The van der Waals surface area contributed by atoms with E-state index in [0.29, 0.717) is 34.6 Å². The van der Waals surface area contributed by atoms with Crippen LogP contribution in [0.4, 0.5) is 11.4 Å². The molecule has 0 bridgehead atoms. The van der Waals surface area contributed by atoms with E-state index >= 15 is 0 Å². The third-order valence-electron chi connectivity index (χ3n) is 4.74. The van der Waals surface area contributed by atoms with Gasteiger partial charge in [0.25, 0.3) is 17.7 Å². The molecular weight excluding hydrogens is 390 g/mol. The van der Waals surface area contributed by atoms with E-state index in [1.54, 1.807) is 66.7 Å². The summed E-state index contributed by atoms with van der Waals surface area (Å²) in [5, 5.41) is 8.48. The number of anilines is 2. The number of hydrogen-bond donors (Lipinski definition) is 3. The topological polar surface area (TPSA) is 87.3 Å². The maximum absolute atomic E-state index is 12.9. The summed E-state index contributed by atoms with van der Waals surface area (Å²) in [5.41, 5.74) is 3.11. The number of para-hydroxylation sites is 1. The molecule has 0 saturated heterocycles. The minimum absolute atomic E-state index is 0.238. The first kappa shape index (κ1) is 21.8. The highest BCUT2D eigenvalue weighted by Crippen LogP contribution is 2.21. The monoisotopic (exact) mass is 415 g/mol. The average molecular weight is 415 g/mol. The maximum Gasteiger partial charge on any atom is 0.255 e. The van der Waals surface area contributed by atoms with Gasteiger partial charge in [-0.05, 0) is 55.3 Å². The summed E-state index contributed by atoms with van der Waals surface area (Å²) in [7, 11) is 0. The summed E-state index contributed by atoms with van der Waals surface area (Å²) in [6.07, 6.45) is 0.821. The largest absolute Gasteiger partial charge is 0.352 e. The third kappa shape index (κ3) is 5.57. The molecule has 0 aliphatic carbocycles. The van der Waals surface area contributed by atoms with Crippen molar-refractivity contribution in [1.82, 2.24) is 5.32 Å². The van der Waals surface area contributed by atoms with Crippen molar-refractivity contribution in [3.8, 4) is 0 Å². The Morgan fingerprint density at radius 2 is 1.35 bits per heavy atom. The molecule has 158 valence electrons. The number of carbonyl (C=O) groups is 3. The van der Waals surface area contributed by atoms with Crippen molar-refractivity contribution in [1.29, 1.82) is 0 Å². The van der Waals surface area contributed by atoms with Crippen molar-refractivity contribution in [3.05, 3.63) is 95.1 Å². The van der Waals surface area contributed by atoms with Crippen LogP contribution in [0, 0.1) is 6.92 Å². The van der Waals surface area contributed by atoms with Gasteiger partial charge >= 0.3 is 0 Å². The lowest BCUT2D eigenvalue weighted by molar-refractivity contribution is 0.0953. The second-order valence-corrected chi connectivity index (χ2v) is 7.11. The summed E-state index contributed by atoms with van der Waals surface area (Å²) in [6.45, 7) is 4.39. The molecule has 6 nitrogen and oxygen atoms in total. The molecule has 3 N–H and O–H groups in total. The van der Waals surface area contributed by atoms with E-state index in [2.05, 4.69) is 16.0 Å². The van der Waals surface area contributed by atoms with Gasteiger partial charge in [-0.15, -0.1) is 0 Å². The van der Waals surface area contributed by atoms with Gasteiger partial charge in [-0.2, -0.15) is 0 Å². The molecule has 0 aliphatic rings. The molecule has 0 aliphatic heterocycles. The van der Waals surface area contributed by atoms with Gasteiger partial charge in [0, 0.05) is 23.4 Å². The lowest BCUT2D eigenvalue weighted by Crippen LogP contribution is -2.25. The predicted molar refractivity (Wildman–Crippen MR) is 123 cm³/mol. The molecule has 0 spiro atoms. The molecule has 0 atom stereocenters. The number of amides is 3. The van der Waals surface area contributed by atoms with Gasteiger partial charge in [0.1, 0.15) is 0 Å². The lowest BCUT2D eigenvalue weighted by Gasteiger charge is -2.13. The van der Waals surface area contributed by atoms with E-state index in [0.717, 1.165) is 12.0 Å². The van der Waals surface area contributed by atoms with Gasteiger partial charge in [0.05, 0.1) is 11.3 Å². The minimum Gasteiger partial charge on any atom is -0.352 e. The molecule has 0 aromatic heterocycles. The molecule has 0 radical (unpaired) electrons. The van der Waals surface area contributed by atoms with Crippen molar-refractivity contribution in [2.75, 3.05) is 17.2 Å². The molecule has 3 aromatic rings. The van der Waals surface area contributed by atoms with Gasteiger partial charge in [-0.3, -0.25) is 14.4 Å². The van der Waals surface area contributed by atoms with Gasteiger partial charge in [-0.1, -0.05) is 43.3 Å². The molecule has 6 heteroatoms. The zero-order valence-corrected chi connectivity index (χ0v) is 17.6. The van der Waals surface area contributed by atoms with Crippen molar-refractivity contribution in [2.45, 2.75) is 20.3 Å². The number of carbonyl (C=O) groups excluding carboxylic acids is 3. The minimum atomic E-state index is -0.369. The van der Waals surface area contributed by atoms with Crippen LogP contribution in [-0.4, -0.2) is 24.3 Å². The smallest absolute Gasteiger partial charge is 0.255 e. The average Bonchev–Trinajstić information content (AvgIpc) is 2.79. The van der Waals surface area contributed by atoms with Crippen molar-refractivity contribution < 1.29 is 14.4 Å². The molecular formula is C25H25N3O3. The normalized spacial score (nSPS) is 10.3. The Labute approximate surface area is 181 Å². The van der Waals surface area contributed by atoms with Crippen molar-refractivity contribution in [3.63, 3.8) is 0 Å². The standard InChI is InChI=1S/C25H25N3O3/c1-3-15-26-25(31)20-11-7-8-12-21(20)27-24(30)19-14-13-17(2)22(16-19)28-23(29)18-9-5-4-6-10-18/h4-14,16H,3,15H2,1-2H3,(H,26,31)(H,27,30)(H,28,29). The molecule has 3 aromatic carbocycles. The van der Waals surface area contributed by atoms with Gasteiger partial charge in [0.15, 0.2) is 0 Å². The first-order valence-corrected chi connectivity index (χ1v) is 10.1. The Morgan fingerprint density at radius 3 is 2.10 bits per heavy atom. The fourth-order valence-corrected chi connectivity index (χ4v) is 3.00. The van der Waals surface area contributed by atoms with E-state index in [1.807, 2.05) is 19.9 Å². The highest BCUT2D eigenvalue weighted by atomic mass is 16.2. The summed E-state index contributed by atoms with van der Waals surface area (Å²) >= 11 is 0. The van der Waals surface area contributed by atoms with E-state index < -0.39 is 0 Å². The predicted octanol–water partition coefficient (Wildman–Crippen LogP) is 4.64. The van der Waals surface area contributed by atoms with E-state index in [1.165, 1.54) is 0 Å². The fourth-order valence-electron chi connectivity index (χ4n) is 3.00. The summed E-state index contributed by atoms with van der Waals surface area (Å²) < 4.78 is 0. The lowest BCUT2D eigenvalue weighted by atomic mass is 10.1. The number of aryl methyl sites for hydroxylation is 1.